The van der Waals surface area contributed by atoms with Crippen LogP contribution < -0.4 is 0 Å². The third-order valence-electron chi connectivity index (χ3n) is 5.12. The normalized spacial score (nSPS) is 11.5. The maximum atomic E-state index is 12.7. The van der Waals surface area contributed by atoms with Crippen LogP contribution in [0.15, 0.2) is 107 Å². The van der Waals surface area contributed by atoms with Gasteiger partial charge in [-0.2, -0.15) is 0 Å². The number of nitrogens with one attached hydrogen (secondary N) is 1. The Morgan fingerprint density at radius 2 is 1.64 bits per heavy atom. The fourth-order valence-electron chi connectivity index (χ4n) is 3.53. The van der Waals surface area contributed by atoms with Gasteiger partial charge in [0.1, 0.15) is 0 Å². The summed E-state index contributed by atoms with van der Waals surface area (Å²) in [7, 11) is 1.41. The lowest BCUT2D eigenvalue weighted by molar-refractivity contribution is -0.142. The van der Waals surface area contributed by atoms with Crippen LogP contribution in [0.1, 0.15) is 22.3 Å². The molecule has 0 aliphatic heterocycles. The third kappa shape index (κ3) is 6.20. The summed E-state index contributed by atoms with van der Waals surface area (Å²) >= 11 is 1.64. The number of aromatic nitrogens is 2. The molecule has 33 heavy (non-hydrogen) atoms. The first kappa shape index (κ1) is 22.6. The number of hydrogen-bond donors (Lipinski definition) is 1. The maximum Gasteiger partial charge on any atom is 0.330 e. The molecule has 4 rings (SSSR count). The molecule has 5 nitrogen and oxygen atoms in total. The zero-order chi connectivity index (χ0) is 22.9. The number of H-pyrrole nitrogens is 1. The van der Waals surface area contributed by atoms with Crippen molar-refractivity contribution in [3.63, 3.8) is 0 Å². The van der Waals surface area contributed by atoms with Gasteiger partial charge in [0, 0.05) is 35.7 Å². The van der Waals surface area contributed by atoms with E-state index in [0.29, 0.717) is 6.42 Å². The van der Waals surface area contributed by atoms with E-state index in [2.05, 4.69) is 22.1 Å². The Kier molecular flexibility index (Phi) is 7.72. The van der Waals surface area contributed by atoms with Gasteiger partial charge in [-0.1, -0.05) is 96.7 Å². The summed E-state index contributed by atoms with van der Waals surface area (Å²) in [5, 5.41) is 0.882. The predicted molar refractivity (Wildman–Crippen MR) is 133 cm³/mol. The highest BCUT2D eigenvalue weighted by molar-refractivity contribution is 7.98. The van der Waals surface area contributed by atoms with Gasteiger partial charge in [-0.05, 0) is 11.1 Å². The van der Waals surface area contributed by atoms with Crippen LogP contribution in [0, 0.1) is 0 Å². The van der Waals surface area contributed by atoms with Crippen LogP contribution in [-0.4, -0.2) is 34.8 Å². The van der Waals surface area contributed by atoms with Crippen molar-refractivity contribution < 1.29 is 9.53 Å². The first-order valence-electron chi connectivity index (χ1n) is 10.7. The van der Waals surface area contributed by atoms with E-state index >= 15 is 0 Å². The average Bonchev–Trinajstić information content (AvgIpc) is 3.40. The molecule has 0 aliphatic carbocycles. The predicted octanol–water partition coefficient (Wildman–Crippen LogP) is 5.32. The third-order valence-corrected chi connectivity index (χ3v) is 6.10. The van der Waals surface area contributed by atoms with Gasteiger partial charge in [0.2, 0.25) is 0 Å². The highest BCUT2D eigenvalue weighted by Gasteiger charge is 2.21. The number of imidazole rings is 1. The minimum absolute atomic E-state index is 0.352. The molecule has 0 aliphatic rings. The highest BCUT2D eigenvalue weighted by atomic mass is 32.2. The molecule has 6 heteroatoms. The zero-order valence-corrected chi connectivity index (χ0v) is 19.2. The monoisotopic (exact) mass is 455 g/mol. The van der Waals surface area contributed by atoms with E-state index in [1.54, 1.807) is 18.0 Å². The van der Waals surface area contributed by atoms with Crippen molar-refractivity contribution in [2.45, 2.75) is 23.4 Å². The van der Waals surface area contributed by atoms with Gasteiger partial charge in [0.15, 0.2) is 11.2 Å². The molecule has 166 valence electrons. The molecular formula is C27H25N3O2S. The number of esters is 1. The van der Waals surface area contributed by atoms with Gasteiger partial charge in [0.25, 0.3) is 0 Å². The summed E-state index contributed by atoms with van der Waals surface area (Å²) in [5.41, 5.74) is 4.89. The van der Waals surface area contributed by atoms with E-state index in [1.165, 1.54) is 7.11 Å². The van der Waals surface area contributed by atoms with E-state index in [4.69, 9.17) is 9.73 Å². The van der Waals surface area contributed by atoms with E-state index < -0.39 is 6.04 Å². The fraction of sp³-hybridized carbons (Fsp3) is 0.148. The largest absolute Gasteiger partial charge is 0.467 e. The molecule has 0 fully saturated rings. The standard InChI is InChI=1S/C27H25N3O2S/c1-32-26(31)24(18-20-9-8-10-21(17-20)19-33-27-28-15-16-29-27)30-25(22-11-4-2-5-12-22)23-13-6-3-7-14-23/h2-17,24H,18-19H2,1H3,(H,28,29). The van der Waals surface area contributed by atoms with Crippen molar-refractivity contribution in [3.8, 4) is 0 Å². The second-order valence-electron chi connectivity index (χ2n) is 7.46. The van der Waals surface area contributed by atoms with Crippen LogP contribution in [0.5, 0.6) is 0 Å². The van der Waals surface area contributed by atoms with Gasteiger partial charge in [-0.15, -0.1) is 0 Å². The molecule has 3 aromatic carbocycles. The lowest BCUT2D eigenvalue weighted by Gasteiger charge is -2.15. The number of rotatable bonds is 9. The Morgan fingerprint density at radius 3 is 2.24 bits per heavy atom. The molecule has 4 aromatic rings. The van der Waals surface area contributed by atoms with Crippen LogP contribution in [0.2, 0.25) is 0 Å². The number of hydrogen-bond acceptors (Lipinski definition) is 5. The Hall–Kier alpha value is -3.64. The van der Waals surface area contributed by atoms with Gasteiger partial charge in [-0.25, -0.2) is 9.78 Å². The van der Waals surface area contributed by atoms with Crippen molar-refractivity contribution >= 4 is 23.4 Å². The van der Waals surface area contributed by atoms with E-state index in [-0.39, 0.29) is 5.97 Å². The summed E-state index contributed by atoms with van der Waals surface area (Å²) in [6.07, 6.45) is 4.01. The van der Waals surface area contributed by atoms with E-state index in [9.17, 15) is 4.79 Å². The smallest absolute Gasteiger partial charge is 0.330 e. The van der Waals surface area contributed by atoms with Crippen molar-refractivity contribution in [3.05, 3.63) is 120 Å². The SMILES string of the molecule is COC(=O)C(Cc1cccc(CSc2ncc[nH]2)c1)N=C(c1ccccc1)c1ccccc1. The van der Waals surface area contributed by atoms with Crippen LogP contribution in [0.25, 0.3) is 0 Å². The van der Waals surface area contributed by atoms with Crippen molar-refractivity contribution in [2.75, 3.05) is 7.11 Å². The molecule has 1 heterocycles. The molecule has 1 N–H and O–H groups in total. The number of nitrogens with zero attached hydrogens (tertiary/aromatic N) is 2. The molecule has 0 bridgehead atoms. The summed E-state index contributed by atoms with van der Waals surface area (Å²) in [6.45, 7) is 0. The Balaban J connectivity index is 1.62. The number of thioether (sulfide) groups is 1. The first-order valence-corrected chi connectivity index (χ1v) is 11.7. The van der Waals surface area contributed by atoms with Crippen LogP contribution >= 0.6 is 11.8 Å². The number of aliphatic imine (C=N–C) groups is 1. The Bertz CT molecular complexity index is 1150. The molecule has 1 unspecified atom stereocenters. The van der Waals surface area contributed by atoms with Crippen LogP contribution in [0.3, 0.4) is 0 Å². The number of carbonyl (C=O) groups is 1. The van der Waals surface area contributed by atoms with Crippen molar-refractivity contribution in [1.82, 2.24) is 9.97 Å². The van der Waals surface area contributed by atoms with Gasteiger partial charge in [0.05, 0.1) is 12.8 Å². The summed E-state index contributed by atoms with van der Waals surface area (Å²) < 4.78 is 5.12. The first-order chi connectivity index (χ1) is 16.2. The van der Waals surface area contributed by atoms with Crippen molar-refractivity contribution in [1.29, 1.82) is 0 Å². The van der Waals surface area contributed by atoms with Gasteiger partial charge in [-0.3, -0.25) is 4.99 Å². The van der Waals surface area contributed by atoms with Crippen molar-refractivity contribution in [2.24, 2.45) is 4.99 Å². The fourth-order valence-corrected chi connectivity index (χ4v) is 4.30. The summed E-state index contributed by atoms with van der Waals surface area (Å²) in [5.74, 6) is 0.432. The molecule has 0 saturated heterocycles. The van der Waals surface area contributed by atoms with Crippen LogP contribution in [-0.2, 0) is 21.7 Å². The highest BCUT2D eigenvalue weighted by Crippen LogP contribution is 2.21. The van der Waals surface area contributed by atoms with Gasteiger partial charge >= 0.3 is 5.97 Å². The maximum absolute atomic E-state index is 12.7. The van der Waals surface area contributed by atoms with E-state index in [1.807, 2.05) is 79.0 Å². The number of aromatic amines is 1. The molecule has 1 aromatic heterocycles. The quantitative estimate of drug-likeness (QED) is 0.211. The summed E-state index contributed by atoms with van der Waals surface area (Å²) in [4.78, 5) is 25.0. The zero-order valence-electron chi connectivity index (χ0n) is 18.3. The average molecular weight is 456 g/mol. The number of ether oxygens (including phenoxy) is 1. The van der Waals surface area contributed by atoms with E-state index in [0.717, 1.165) is 38.9 Å². The second kappa shape index (κ2) is 11.3. The molecule has 0 amide bonds. The minimum atomic E-state index is -0.654. The number of benzene rings is 3. The van der Waals surface area contributed by atoms with Crippen LogP contribution in [0.4, 0.5) is 0 Å². The summed E-state index contributed by atoms with van der Waals surface area (Å²) in [6, 6.07) is 27.4. The number of methoxy groups -OCH3 is 1. The molecule has 0 saturated carbocycles. The topological polar surface area (TPSA) is 67.3 Å². The molecule has 1 atom stereocenters. The molecular weight excluding hydrogens is 430 g/mol. The Morgan fingerprint density at radius 1 is 0.970 bits per heavy atom. The lowest BCUT2D eigenvalue weighted by atomic mass is 10.00. The number of carbonyl (C=O) groups excluding carboxylic acids is 1. The minimum Gasteiger partial charge on any atom is -0.467 e. The second-order valence-corrected chi connectivity index (χ2v) is 8.42. The lowest BCUT2D eigenvalue weighted by Crippen LogP contribution is -2.25. The Labute approximate surface area is 198 Å². The molecule has 0 radical (unpaired) electrons. The van der Waals surface area contributed by atoms with Gasteiger partial charge < -0.3 is 9.72 Å². The molecule has 0 spiro atoms.